The van der Waals surface area contributed by atoms with Gasteiger partial charge in [0.1, 0.15) is 5.69 Å². The van der Waals surface area contributed by atoms with Crippen LogP contribution in [-0.2, 0) is 11.3 Å². The summed E-state index contributed by atoms with van der Waals surface area (Å²) in [5.74, 6) is 0.589. The molecule has 1 aliphatic heterocycles. The van der Waals surface area contributed by atoms with Gasteiger partial charge in [-0.2, -0.15) is 0 Å². The number of rotatable bonds is 4. The standard InChI is InChI=1S/C13H20N4O/c1-2-4-12(3-1)14-7-13-9-17(16-15-13)8-11-5-6-18-10-11/h7,9,11-12H,1-6,8,10H2/t11-/m1/s1. The van der Waals surface area contributed by atoms with Gasteiger partial charge < -0.3 is 4.74 Å². The molecule has 1 atom stereocenters. The molecular formula is C13H20N4O. The van der Waals surface area contributed by atoms with Gasteiger partial charge in [0.05, 0.1) is 25.1 Å². The molecule has 3 rings (SSSR count). The van der Waals surface area contributed by atoms with E-state index in [1.165, 1.54) is 25.7 Å². The maximum atomic E-state index is 5.36. The van der Waals surface area contributed by atoms with Crippen LogP contribution in [0.25, 0.3) is 0 Å². The molecule has 2 heterocycles. The third-order valence-electron chi connectivity index (χ3n) is 3.77. The number of nitrogens with zero attached hydrogens (tertiary/aromatic N) is 4. The molecule has 1 saturated carbocycles. The second kappa shape index (κ2) is 5.61. The SMILES string of the molecule is C(=NC1CCCC1)c1cn(C[C@H]2CCOC2)nn1. The van der Waals surface area contributed by atoms with E-state index in [9.17, 15) is 0 Å². The van der Waals surface area contributed by atoms with Gasteiger partial charge in [-0.1, -0.05) is 18.1 Å². The Morgan fingerprint density at radius 2 is 2.28 bits per heavy atom. The third kappa shape index (κ3) is 2.96. The van der Waals surface area contributed by atoms with Gasteiger partial charge in [-0.05, 0) is 19.3 Å². The highest BCUT2D eigenvalue weighted by Crippen LogP contribution is 2.20. The van der Waals surface area contributed by atoms with E-state index >= 15 is 0 Å². The largest absolute Gasteiger partial charge is 0.381 e. The van der Waals surface area contributed by atoms with Crippen molar-refractivity contribution in [2.24, 2.45) is 10.9 Å². The van der Waals surface area contributed by atoms with Crippen LogP contribution in [0, 0.1) is 5.92 Å². The minimum absolute atomic E-state index is 0.512. The predicted octanol–water partition coefficient (Wildman–Crippen LogP) is 1.68. The van der Waals surface area contributed by atoms with Gasteiger partial charge in [0.2, 0.25) is 0 Å². The van der Waals surface area contributed by atoms with Gasteiger partial charge >= 0.3 is 0 Å². The number of hydrogen-bond acceptors (Lipinski definition) is 4. The van der Waals surface area contributed by atoms with Crippen molar-refractivity contribution < 1.29 is 4.74 Å². The molecule has 5 heteroatoms. The molecule has 0 N–H and O–H groups in total. The van der Waals surface area contributed by atoms with Crippen LogP contribution in [0.4, 0.5) is 0 Å². The first-order chi connectivity index (χ1) is 8.90. The average Bonchev–Trinajstić information content (AvgIpc) is 3.09. The van der Waals surface area contributed by atoms with Crippen molar-refractivity contribution in [1.82, 2.24) is 15.0 Å². The Balaban J connectivity index is 1.55. The highest BCUT2D eigenvalue weighted by atomic mass is 16.5. The lowest BCUT2D eigenvalue weighted by Gasteiger charge is -2.05. The molecule has 18 heavy (non-hydrogen) atoms. The van der Waals surface area contributed by atoms with Crippen LogP contribution in [-0.4, -0.2) is 40.5 Å². The van der Waals surface area contributed by atoms with Gasteiger partial charge in [0.25, 0.3) is 0 Å². The third-order valence-corrected chi connectivity index (χ3v) is 3.77. The smallest absolute Gasteiger partial charge is 0.123 e. The minimum Gasteiger partial charge on any atom is -0.381 e. The Labute approximate surface area is 107 Å². The summed E-state index contributed by atoms with van der Waals surface area (Å²) in [6.45, 7) is 2.64. The molecule has 1 aromatic rings. The molecule has 0 spiro atoms. The van der Waals surface area contributed by atoms with Crippen molar-refractivity contribution in [2.75, 3.05) is 13.2 Å². The van der Waals surface area contributed by atoms with E-state index < -0.39 is 0 Å². The summed E-state index contributed by atoms with van der Waals surface area (Å²) >= 11 is 0. The van der Waals surface area contributed by atoms with Crippen molar-refractivity contribution in [1.29, 1.82) is 0 Å². The highest BCUT2D eigenvalue weighted by Gasteiger charge is 2.17. The molecule has 98 valence electrons. The first-order valence-corrected chi connectivity index (χ1v) is 6.91. The Morgan fingerprint density at radius 3 is 3.06 bits per heavy atom. The van der Waals surface area contributed by atoms with Crippen molar-refractivity contribution >= 4 is 6.21 Å². The summed E-state index contributed by atoms with van der Waals surface area (Å²) in [7, 11) is 0. The predicted molar refractivity (Wildman–Crippen MR) is 68.8 cm³/mol. The second-order valence-electron chi connectivity index (χ2n) is 5.31. The van der Waals surface area contributed by atoms with Gasteiger partial charge in [-0.25, -0.2) is 0 Å². The van der Waals surface area contributed by atoms with E-state index in [1.807, 2.05) is 17.1 Å². The fourth-order valence-corrected chi connectivity index (χ4v) is 2.69. The Hall–Kier alpha value is -1.23. The van der Waals surface area contributed by atoms with Gasteiger partial charge in [0, 0.05) is 19.1 Å². The fourth-order valence-electron chi connectivity index (χ4n) is 2.69. The van der Waals surface area contributed by atoms with Crippen molar-refractivity contribution in [3.05, 3.63) is 11.9 Å². The van der Waals surface area contributed by atoms with Gasteiger partial charge in [0.15, 0.2) is 0 Å². The quantitative estimate of drug-likeness (QED) is 0.762. The zero-order valence-corrected chi connectivity index (χ0v) is 10.7. The minimum atomic E-state index is 0.512. The van der Waals surface area contributed by atoms with Crippen LogP contribution in [0.2, 0.25) is 0 Å². The first kappa shape index (κ1) is 11.8. The van der Waals surface area contributed by atoms with E-state index in [4.69, 9.17) is 4.74 Å². The molecule has 0 aromatic carbocycles. The zero-order chi connectivity index (χ0) is 12.2. The maximum absolute atomic E-state index is 5.36. The van der Waals surface area contributed by atoms with Crippen molar-refractivity contribution in [2.45, 2.75) is 44.7 Å². The van der Waals surface area contributed by atoms with E-state index in [0.717, 1.165) is 31.9 Å². The number of aromatic nitrogens is 3. The molecule has 5 nitrogen and oxygen atoms in total. The Kier molecular flexibility index (Phi) is 3.69. The Bertz CT molecular complexity index is 403. The number of aliphatic imine (C=N–C) groups is 1. The van der Waals surface area contributed by atoms with Crippen LogP contribution >= 0.6 is 0 Å². The lowest BCUT2D eigenvalue weighted by Crippen LogP contribution is -2.11. The molecule has 1 aromatic heterocycles. The maximum Gasteiger partial charge on any atom is 0.123 e. The summed E-state index contributed by atoms with van der Waals surface area (Å²) in [5.41, 5.74) is 0.876. The molecule has 2 aliphatic rings. The van der Waals surface area contributed by atoms with Crippen LogP contribution in [0.5, 0.6) is 0 Å². The first-order valence-electron chi connectivity index (χ1n) is 6.91. The molecule has 0 radical (unpaired) electrons. The lowest BCUT2D eigenvalue weighted by atomic mass is 10.1. The lowest BCUT2D eigenvalue weighted by molar-refractivity contribution is 0.181. The summed E-state index contributed by atoms with van der Waals surface area (Å²) < 4.78 is 7.28. The molecule has 0 amide bonds. The second-order valence-corrected chi connectivity index (χ2v) is 5.31. The van der Waals surface area contributed by atoms with Crippen LogP contribution < -0.4 is 0 Å². The molecular weight excluding hydrogens is 228 g/mol. The molecule has 0 unspecified atom stereocenters. The fraction of sp³-hybridized carbons (Fsp3) is 0.769. The van der Waals surface area contributed by atoms with Crippen LogP contribution in [0.15, 0.2) is 11.2 Å². The highest BCUT2D eigenvalue weighted by molar-refractivity contribution is 5.76. The van der Waals surface area contributed by atoms with Crippen molar-refractivity contribution in [3.8, 4) is 0 Å². The van der Waals surface area contributed by atoms with E-state index in [2.05, 4.69) is 15.3 Å². The van der Waals surface area contributed by atoms with E-state index in [0.29, 0.717) is 12.0 Å². The molecule has 1 aliphatic carbocycles. The summed E-state index contributed by atoms with van der Waals surface area (Å²) in [5, 5.41) is 8.29. The zero-order valence-electron chi connectivity index (χ0n) is 10.7. The average molecular weight is 248 g/mol. The molecule has 2 fully saturated rings. The monoisotopic (exact) mass is 248 g/mol. The normalized spacial score (nSPS) is 25.4. The molecule has 0 bridgehead atoms. The number of hydrogen-bond donors (Lipinski definition) is 0. The van der Waals surface area contributed by atoms with Gasteiger partial charge in [-0.15, -0.1) is 5.10 Å². The van der Waals surface area contributed by atoms with E-state index in [-0.39, 0.29) is 0 Å². The van der Waals surface area contributed by atoms with E-state index in [1.54, 1.807) is 0 Å². The summed E-state index contributed by atoms with van der Waals surface area (Å²) in [4.78, 5) is 4.57. The summed E-state index contributed by atoms with van der Waals surface area (Å²) in [6.07, 6.45) is 10.1. The Morgan fingerprint density at radius 1 is 1.39 bits per heavy atom. The van der Waals surface area contributed by atoms with Crippen LogP contribution in [0.1, 0.15) is 37.8 Å². The van der Waals surface area contributed by atoms with Gasteiger partial charge in [-0.3, -0.25) is 9.67 Å². The van der Waals surface area contributed by atoms with Crippen molar-refractivity contribution in [3.63, 3.8) is 0 Å². The van der Waals surface area contributed by atoms with Crippen LogP contribution in [0.3, 0.4) is 0 Å². The molecule has 1 saturated heterocycles. The number of ether oxygens (including phenoxy) is 1. The topological polar surface area (TPSA) is 52.3 Å². The summed E-state index contributed by atoms with van der Waals surface area (Å²) in [6, 6.07) is 0.512.